The van der Waals surface area contributed by atoms with Crippen molar-refractivity contribution in [1.29, 1.82) is 0 Å². The SMILES string of the molecule is CCNc1ccccc1S(=O)(=O)NC1CN2CCC1CC2. The van der Waals surface area contributed by atoms with Crippen LogP contribution >= 0.6 is 0 Å². The fourth-order valence-corrected chi connectivity index (χ4v) is 4.88. The van der Waals surface area contributed by atoms with E-state index in [1.807, 2.05) is 19.1 Å². The minimum Gasteiger partial charge on any atom is -0.384 e. The molecule has 0 aromatic heterocycles. The van der Waals surface area contributed by atoms with Gasteiger partial charge in [-0.1, -0.05) is 12.1 Å². The standard InChI is InChI=1S/C15H23N3O2S/c1-2-16-13-5-3-4-6-15(13)21(19,20)17-14-11-18-9-7-12(14)8-10-18/h3-6,12,14,16-17H,2,7-11H2,1H3. The highest BCUT2D eigenvalue weighted by molar-refractivity contribution is 7.89. The number of nitrogens with one attached hydrogen (secondary N) is 2. The van der Waals surface area contributed by atoms with Crippen molar-refractivity contribution in [3.63, 3.8) is 0 Å². The highest BCUT2D eigenvalue weighted by Gasteiger charge is 2.36. The molecule has 3 fully saturated rings. The summed E-state index contributed by atoms with van der Waals surface area (Å²) in [6, 6.07) is 7.15. The third kappa shape index (κ3) is 3.07. The van der Waals surface area contributed by atoms with Crippen LogP contribution in [0.5, 0.6) is 0 Å². The van der Waals surface area contributed by atoms with Gasteiger partial charge in [0.2, 0.25) is 10.0 Å². The average Bonchev–Trinajstić information content (AvgIpc) is 2.49. The fourth-order valence-electron chi connectivity index (χ4n) is 3.40. The van der Waals surface area contributed by atoms with Crippen molar-refractivity contribution >= 4 is 15.7 Å². The quantitative estimate of drug-likeness (QED) is 0.865. The molecular weight excluding hydrogens is 286 g/mol. The molecule has 0 spiro atoms. The van der Waals surface area contributed by atoms with Crippen LogP contribution in [0.25, 0.3) is 0 Å². The summed E-state index contributed by atoms with van der Waals surface area (Å²) >= 11 is 0. The Kier molecular flexibility index (Phi) is 4.19. The molecule has 3 aliphatic rings. The summed E-state index contributed by atoms with van der Waals surface area (Å²) in [6.07, 6.45) is 2.20. The lowest BCUT2D eigenvalue weighted by molar-refractivity contribution is 0.0827. The molecule has 3 aliphatic heterocycles. The van der Waals surface area contributed by atoms with Gasteiger partial charge in [0.15, 0.2) is 0 Å². The predicted molar refractivity (Wildman–Crippen MR) is 83.9 cm³/mol. The molecule has 6 heteroatoms. The van der Waals surface area contributed by atoms with E-state index in [9.17, 15) is 8.42 Å². The molecule has 0 aliphatic carbocycles. The van der Waals surface area contributed by atoms with E-state index in [1.165, 1.54) is 0 Å². The minimum absolute atomic E-state index is 0.0483. The first-order valence-corrected chi connectivity index (χ1v) is 9.16. The van der Waals surface area contributed by atoms with E-state index in [0.717, 1.165) is 32.5 Å². The maximum absolute atomic E-state index is 12.7. The predicted octanol–water partition coefficient (Wildman–Crippen LogP) is 1.49. The zero-order chi connectivity index (χ0) is 14.9. The van der Waals surface area contributed by atoms with Crippen LogP contribution in [0.2, 0.25) is 0 Å². The van der Waals surface area contributed by atoms with Gasteiger partial charge in [-0.05, 0) is 50.9 Å². The second-order valence-electron chi connectivity index (χ2n) is 5.89. The molecule has 2 bridgehead atoms. The van der Waals surface area contributed by atoms with Crippen molar-refractivity contribution in [2.75, 3.05) is 31.5 Å². The van der Waals surface area contributed by atoms with Crippen LogP contribution in [-0.2, 0) is 10.0 Å². The van der Waals surface area contributed by atoms with E-state index >= 15 is 0 Å². The molecule has 5 nitrogen and oxygen atoms in total. The van der Waals surface area contributed by atoms with Gasteiger partial charge >= 0.3 is 0 Å². The van der Waals surface area contributed by atoms with Gasteiger partial charge in [-0.3, -0.25) is 0 Å². The van der Waals surface area contributed by atoms with E-state index < -0.39 is 10.0 Å². The van der Waals surface area contributed by atoms with Gasteiger partial charge in [-0.15, -0.1) is 0 Å². The Bertz CT molecular complexity index is 595. The van der Waals surface area contributed by atoms with Gasteiger partial charge in [0.1, 0.15) is 4.90 Å². The van der Waals surface area contributed by atoms with E-state index in [1.54, 1.807) is 12.1 Å². The molecule has 3 heterocycles. The Morgan fingerprint density at radius 3 is 2.57 bits per heavy atom. The topological polar surface area (TPSA) is 61.4 Å². The summed E-state index contributed by atoms with van der Waals surface area (Å²) < 4.78 is 28.3. The molecule has 0 saturated carbocycles. The summed E-state index contributed by atoms with van der Waals surface area (Å²) in [7, 11) is -3.47. The molecule has 1 aromatic carbocycles. The van der Waals surface area contributed by atoms with Crippen LogP contribution in [0, 0.1) is 5.92 Å². The van der Waals surface area contributed by atoms with Crippen LogP contribution in [0.4, 0.5) is 5.69 Å². The molecule has 3 saturated heterocycles. The van der Waals surface area contributed by atoms with Gasteiger partial charge in [0, 0.05) is 19.1 Å². The lowest BCUT2D eigenvalue weighted by Gasteiger charge is -2.44. The van der Waals surface area contributed by atoms with Crippen molar-refractivity contribution in [2.24, 2.45) is 5.92 Å². The molecule has 1 atom stereocenters. The first-order chi connectivity index (χ1) is 10.1. The highest BCUT2D eigenvalue weighted by Crippen LogP contribution is 2.29. The third-order valence-electron chi connectivity index (χ3n) is 4.51. The number of hydrogen-bond acceptors (Lipinski definition) is 4. The zero-order valence-corrected chi connectivity index (χ0v) is 13.2. The summed E-state index contributed by atoms with van der Waals surface area (Å²) in [4.78, 5) is 2.70. The molecule has 0 amide bonds. The molecule has 1 aromatic rings. The second-order valence-corrected chi connectivity index (χ2v) is 7.57. The molecule has 2 N–H and O–H groups in total. The van der Waals surface area contributed by atoms with Crippen LogP contribution in [0.3, 0.4) is 0 Å². The Labute approximate surface area is 126 Å². The monoisotopic (exact) mass is 309 g/mol. The van der Waals surface area contributed by atoms with E-state index in [2.05, 4.69) is 14.9 Å². The summed E-state index contributed by atoms with van der Waals surface area (Å²) in [6.45, 7) is 5.72. The van der Waals surface area contributed by atoms with Crippen LogP contribution in [0.1, 0.15) is 19.8 Å². The van der Waals surface area contributed by atoms with Crippen molar-refractivity contribution < 1.29 is 8.42 Å². The number of rotatable bonds is 5. The van der Waals surface area contributed by atoms with Crippen molar-refractivity contribution in [3.05, 3.63) is 24.3 Å². The number of anilines is 1. The molecular formula is C15H23N3O2S. The van der Waals surface area contributed by atoms with Gasteiger partial charge in [0.25, 0.3) is 0 Å². The normalized spacial score (nSPS) is 28.5. The second kappa shape index (κ2) is 5.94. The smallest absolute Gasteiger partial charge is 0.242 e. The van der Waals surface area contributed by atoms with Crippen molar-refractivity contribution in [2.45, 2.75) is 30.7 Å². The molecule has 4 rings (SSSR count). The lowest BCUT2D eigenvalue weighted by Crippen LogP contribution is -2.57. The molecule has 21 heavy (non-hydrogen) atoms. The lowest BCUT2D eigenvalue weighted by atomic mass is 9.85. The molecule has 0 radical (unpaired) electrons. The fraction of sp³-hybridized carbons (Fsp3) is 0.600. The van der Waals surface area contributed by atoms with E-state index in [0.29, 0.717) is 23.0 Å². The number of fused-ring (bicyclic) bond motifs is 3. The van der Waals surface area contributed by atoms with Crippen LogP contribution in [0.15, 0.2) is 29.2 Å². The van der Waals surface area contributed by atoms with Crippen LogP contribution in [-0.4, -0.2) is 45.5 Å². The number of nitrogens with zero attached hydrogens (tertiary/aromatic N) is 1. The van der Waals surface area contributed by atoms with Gasteiger partial charge < -0.3 is 10.2 Å². The van der Waals surface area contributed by atoms with Crippen molar-refractivity contribution in [1.82, 2.24) is 9.62 Å². The average molecular weight is 309 g/mol. The zero-order valence-electron chi connectivity index (χ0n) is 12.4. The first-order valence-electron chi connectivity index (χ1n) is 7.68. The first kappa shape index (κ1) is 14.8. The Hall–Kier alpha value is -1.11. The number of sulfonamides is 1. The summed E-state index contributed by atoms with van der Waals surface area (Å²) in [5.41, 5.74) is 0.675. The Morgan fingerprint density at radius 1 is 1.24 bits per heavy atom. The van der Waals surface area contributed by atoms with E-state index in [4.69, 9.17) is 0 Å². The maximum Gasteiger partial charge on any atom is 0.242 e. The maximum atomic E-state index is 12.7. The minimum atomic E-state index is -3.47. The summed E-state index contributed by atoms with van der Waals surface area (Å²) in [5.74, 6) is 0.482. The van der Waals surface area contributed by atoms with Crippen LogP contribution < -0.4 is 10.0 Å². The van der Waals surface area contributed by atoms with Gasteiger partial charge in [0.05, 0.1) is 5.69 Å². The number of hydrogen-bond donors (Lipinski definition) is 2. The molecule has 1 unspecified atom stereocenters. The van der Waals surface area contributed by atoms with Gasteiger partial charge in [-0.2, -0.15) is 0 Å². The van der Waals surface area contributed by atoms with Crippen molar-refractivity contribution in [3.8, 4) is 0 Å². The summed E-state index contributed by atoms with van der Waals surface area (Å²) in [5, 5.41) is 3.12. The number of benzene rings is 1. The number of piperidine rings is 3. The number of para-hydroxylation sites is 1. The van der Waals surface area contributed by atoms with Gasteiger partial charge in [-0.25, -0.2) is 13.1 Å². The largest absolute Gasteiger partial charge is 0.384 e. The highest BCUT2D eigenvalue weighted by atomic mass is 32.2. The Morgan fingerprint density at radius 2 is 1.95 bits per heavy atom. The Balaban J connectivity index is 1.81. The van der Waals surface area contributed by atoms with E-state index in [-0.39, 0.29) is 6.04 Å². The third-order valence-corrected chi connectivity index (χ3v) is 6.05. The molecule has 116 valence electrons.